The number of aliphatic hydroxyl groups is 1. The zero-order chi connectivity index (χ0) is 20.7. The maximum Gasteiger partial charge on any atom is 0.129 e. The number of piperidine rings is 3. The number of ether oxygens (including phenoxy) is 1. The molecule has 5 heterocycles. The van der Waals surface area contributed by atoms with Crippen LogP contribution in [0.4, 0.5) is 5.82 Å². The molecule has 162 valence electrons. The van der Waals surface area contributed by atoms with Gasteiger partial charge in [-0.1, -0.05) is 13.3 Å². The molecule has 2 aromatic rings. The number of fused-ring (bicyclic) bond motifs is 4. The number of aromatic nitrogens is 1. The second-order valence-corrected chi connectivity index (χ2v) is 10.2. The average Bonchev–Trinajstić information content (AvgIpc) is 2.83. The van der Waals surface area contributed by atoms with Gasteiger partial charge in [0.2, 0.25) is 0 Å². The summed E-state index contributed by atoms with van der Waals surface area (Å²) < 4.78 is 5.49. The van der Waals surface area contributed by atoms with Gasteiger partial charge in [0.1, 0.15) is 11.6 Å². The fourth-order valence-corrected chi connectivity index (χ4v) is 6.62. The normalized spacial score (nSPS) is 29.9. The lowest BCUT2D eigenvalue weighted by atomic mass is 9.72. The molecule has 6 heteroatoms. The fraction of sp³-hybridized carbons (Fsp3) is 0.625. The minimum atomic E-state index is -0.499. The number of nitrogens with zero attached hydrogens (tertiary/aromatic N) is 3. The summed E-state index contributed by atoms with van der Waals surface area (Å²) in [5.41, 5.74) is 1.96. The van der Waals surface area contributed by atoms with Crippen LogP contribution in [0, 0.1) is 11.8 Å². The Bertz CT molecular complexity index is 901. The molecule has 6 rings (SSSR count). The van der Waals surface area contributed by atoms with E-state index in [9.17, 15) is 5.11 Å². The summed E-state index contributed by atoms with van der Waals surface area (Å²) in [6.45, 7) is 6.59. The van der Waals surface area contributed by atoms with Crippen LogP contribution in [0.25, 0.3) is 10.9 Å². The van der Waals surface area contributed by atoms with Crippen molar-refractivity contribution in [3.63, 3.8) is 0 Å². The summed E-state index contributed by atoms with van der Waals surface area (Å²) in [7, 11) is 1.70. The number of pyridine rings is 1. The van der Waals surface area contributed by atoms with E-state index >= 15 is 0 Å². The van der Waals surface area contributed by atoms with Crippen molar-refractivity contribution in [2.75, 3.05) is 49.7 Å². The number of hydrogen-bond donors (Lipinski definition) is 1. The predicted octanol–water partition coefficient (Wildman–Crippen LogP) is 3.95. The number of hydrogen-bond acceptors (Lipinski definition) is 6. The van der Waals surface area contributed by atoms with Crippen LogP contribution in [0.5, 0.6) is 5.75 Å². The van der Waals surface area contributed by atoms with Crippen LogP contribution < -0.4 is 9.64 Å². The third-order valence-electron chi connectivity index (χ3n) is 7.51. The van der Waals surface area contributed by atoms with Gasteiger partial charge in [-0.2, -0.15) is 11.8 Å². The minimum absolute atomic E-state index is 0.202. The van der Waals surface area contributed by atoms with Gasteiger partial charge in [0.25, 0.3) is 0 Å². The van der Waals surface area contributed by atoms with E-state index in [1.807, 2.05) is 30.0 Å². The summed E-state index contributed by atoms with van der Waals surface area (Å²) >= 11 is 2.00. The number of methoxy groups -OCH3 is 1. The van der Waals surface area contributed by atoms with E-state index in [-0.39, 0.29) is 6.04 Å². The highest BCUT2D eigenvalue weighted by atomic mass is 32.2. The smallest absolute Gasteiger partial charge is 0.129 e. The molecule has 0 spiro atoms. The lowest BCUT2D eigenvalue weighted by Gasteiger charge is -2.51. The number of benzene rings is 1. The topological polar surface area (TPSA) is 48.8 Å². The molecule has 2 bridgehead atoms. The van der Waals surface area contributed by atoms with Gasteiger partial charge in [-0.05, 0) is 61.1 Å². The molecular weight excluding hydrogens is 394 g/mol. The number of rotatable bonds is 5. The second-order valence-electron chi connectivity index (χ2n) is 9.01. The van der Waals surface area contributed by atoms with E-state index in [1.54, 1.807) is 7.11 Å². The van der Waals surface area contributed by atoms with Crippen molar-refractivity contribution < 1.29 is 9.84 Å². The molecule has 4 aliphatic heterocycles. The maximum absolute atomic E-state index is 11.7. The van der Waals surface area contributed by atoms with Gasteiger partial charge in [0.05, 0.1) is 18.7 Å². The minimum Gasteiger partial charge on any atom is -0.497 e. The van der Waals surface area contributed by atoms with Crippen LogP contribution in [0.1, 0.15) is 37.9 Å². The first-order chi connectivity index (χ1) is 14.7. The quantitative estimate of drug-likeness (QED) is 0.780. The summed E-state index contributed by atoms with van der Waals surface area (Å²) in [4.78, 5) is 9.89. The molecule has 1 aromatic heterocycles. The number of anilines is 1. The molecule has 30 heavy (non-hydrogen) atoms. The summed E-state index contributed by atoms with van der Waals surface area (Å²) in [5.74, 6) is 5.63. The van der Waals surface area contributed by atoms with Gasteiger partial charge < -0.3 is 14.7 Å². The SMILES string of the molecule is CC[C@H]1CN2CC[C@H]1C[C@H]2[C@H](O)c1cc(N2CCSCC2)nc2ccc(OC)cc12. The van der Waals surface area contributed by atoms with Crippen molar-refractivity contribution >= 4 is 28.5 Å². The number of aliphatic hydroxyl groups excluding tert-OH is 1. The third kappa shape index (κ3) is 3.67. The van der Waals surface area contributed by atoms with Gasteiger partial charge in [0, 0.05) is 42.6 Å². The lowest BCUT2D eigenvalue weighted by Crippen LogP contribution is -2.55. The summed E-state index contributed by atoms with van der Waals surface area (Å²) in [6.07, 6.45) is 3.13. The van der Waals surface area contributed by atoms with Crippen molar-refractivity contribution in [2.24, 2.45) is 11.8 Å². The monoisotopic (exact) mass is 427 g/mol. The van der Waals surface area contributed by atoms with E-state index < -0.39 is 6.10 Å². The Morgan fingerprint density at radius 3 is 2.77 bits per heavy atom. The second kappa shape index (κ2) is 8.56. The molecular formula is C24H33N3O2S. The number of thioether (sulfide) groups is 1. The van der Waals surface area contributed by atoms with E-state index in [2.05, 4.69) is 22.8 Å². The Morgan fingerprint density at radius 2 is 2.07 bits per heavy atom. The van der Waals surface area contributed by atoms with Gasteiger partial charge in [-0.3, -0.25) is 4.90 Å². The highest BCUT2D eigenvalue weighted by Gasteiger charge is 2.42. The largest absolute Gasteiger partial charge is 0.497 e. The Balaban J connectivity index is 1.54. The average molecular weight is 428 g/mol. The van der Waals surface area contributed by atoms with E-state index in [1.165, 1.54) is 12.8 Å². The van der Waals surface area contributed by atoms with Crippen LogP contribution in [0.3, 0.4) is 0 Å². The van der Waals surface area contributed by atoms with E-state index in [4.69, 9.17) is 9.72 Å². The fourth-order valence-electron chi connectivity index (χ4n) is 5.72. The first-order valence-corrected chi connectivity index (χ1v) is 12.6. The van der Waals surface area contributed by atoms with Crippen LogP contribution in [-0.4, -0.2) is 65.8 Å². The van der Waals surface area contributed by atoms with E-state index in [0.717, 1.165) is 84.0 Å². The Labute approximate surface area is 183 Å². The predicted molar refractivity (Wildman–Crippen MR) is 125 cm³/mol. The Morgan fingerprint density at radius 1 is 1.23 bits per heavy atom. The Kier molecular flexibility index (Phi) is 5.82. The molecule has 0 saturated carbocycles. The molecule has 4 saturated heterocycles. The zero-order valence-electron chi connectivity index (χ0n) is 18.1. The van der Waals surface area contributed by atoms with Gasteiger partial charge in [0.15, 0.2) is 0 Å². The standard InChI is InChI=1S/C24H33N3O2S/c1-3-16-15-27-7-6-17(16)12-22(27)24(28)20-14-23(26-8-10-30-11-9-26)25-21-5-4-18(29-2)13-19(20)21/h4-5,13-14,16-17,22,24,28H,3,6-12,15H2,1-2H3/t16-,17-,22-,24+/m0/s1. The van der Waals surface area contributed by atoms with Crippen LogP contribution in [0.15, 0.2) is 24.3 Å². The van der Waals surface area contributed by atoms with Crippen molar-refractivity contribution in [3.8, 4) is 5.75 Å². The van der Waals surface area contributed by atoms with Crippen molar-refractivity contribution in [3.05, 3.63) is 29.8 Å². The van der Waals surface area contributed by atoms with E-state index in [0.29, 0.717) is 0 Å². The first kappa shape index (κ1) is 20.4. The summed E-state index contributed by atoms with van der Waals surface area (Å²) in [6, 6.07) is 8.41. The van der Waals surface area contributed by atoms with Crippen LogP contribution in [0.2, 0.25) is 0 Å². The molecule has 0 aliphatic carbocycles. The molecule has 1 aromatic carbocycles. The maximum atomic E-state index is 11.7. The zero-order valence-corrected chi connectivity index (χ0v) is 18.9. The highest BCUT2D eigenvalue weighted by molar-refractivity contribution is 7.99. The molecule has 0 radical (unpaired) electrons. The molecule has 1 N–H and O–H groups in total. The molecule has 5 nitrogen and oxygen atoms in total. The van der Waals surface area contributed by atoms with Crippen molar-refractivity contribution in [2.45, 2.75) is 38.3 Å². The van der Waals surface area contributed by atoms with Gasteiger partial charge in [-0.15, -0.1) is 0 Å². The van der Waals surface area contributed by atoms with Crippen molar-refractivity contribution in [1.29, 1.82) is 0 Å². The molecule has 4 aliphatic rings. The molecule has 5 atom stereocenters. The molecule has 4 fully saturated rings. The Hall–Kier alpha value is -1.50. The van der Waals surface area contributed by atoms with Gasteiger partial charge >= 0.3 is 0 Å². The van der Waals surface area contributed by atoms with Crippen molar-refractivity contribution in [1.82, 2.24) is 9.88 Å². The highest BCUT2D eigenvalue weighted by Crippen LogP contribution is 2.43. The van der Waals surface area contributed by atoms with Crippen LogP contribution in [-0.2, 0) is 0 Å². The third-order valence-corrected chi connectivity index (χ3v) is 8.46. The summed E-state index contributed by atoms with van der Waals surface area (Å²) in [5, 5.41) is 12.7. The van der Waals surface area contributed by atoms with Gasteiger partial charge in [-0.25, -0.2) is 4.98 Å². The van der Waals surface area contributed by atoms with Crippen LogP contribution >= 0.6 is 11.8 Å². The molecule has 1 unspecified atom stereocenters. The lowest BCUT2D eigenvalue weighted by molar-refractivity contribution is -0.0562. The first-order valence-electron chi connectivity index (χ1n) is 11.4. The molecule has 0 amide bonds.